The van der Waals surface area contributed by atoms with Gasteiger partial charge in [0.25, 0.3) is 0 Å². The van der Waals surface area contributed by atoms with Crippen LogP contribution in [0.5, 0.6) is 0 Å². The molecule has 272 valence electrons. The number of rotatable bonds is 17. The summed E-state index contributed by atoms with van der Waals surface area (Å²) in [5.41, 5.74) is 6.54. The zero-order chi connectivity index (χ0) is 37.3. The van der Waals surface area contributed by atoms with E-state index in [1.807, 2.05) is 27.7 Å². The summed E-state index contributed by atoms with van der Waals surface area (Å²) in [7, 11) is 3.43. The van der Waals surface area contributed by atoms with Gasteiger partial charge in [-0.2, -0.15) is 0 Å². The number of carboxylic acids is 2. The van der Waals surface area contributed by atoms with E-state index in [4.69, 9.17) is 15.9 Å². The highest BCUT2D eigenvalue weighted by atomic mass is 16.4. The Morgan fingerprint density at radius 2 is 1.49 bits per heavy atom. The summed E-state index contributed by atoms with van der Waals surface area (Å²) < 4.78 is 3.01. The quantitative estimate of drug-likeness (QED) is 0.132. The standard InChI is InChI=1S/C15H23N5O4.C11H20N2O4.C4H5N3O/c1-9(2)6-11-15(24)20(7-10(21)4-5-13(22)23)14(16-11)12-8-19(3)18-17-12;1-7(2)5-9(12)11(17)13-6-8(14)3-4-10(15)16;1-7-2-4(3-8)5-6-7/h8-9,11,14,16H,4-7H2,1-3H3,(H,22,23);7,9H,3-6,12H2,1-2H3,(H,13,17)(H,15,16);2-3H,1H3/t11-,14?;9-;/m00./s1. The largest absolute Gasteiger partial charge is 0.481 e. The third-order valence-electron chi connectivity index (χ3n) is 6.70. The van der Waals surface area contributed by atoms with E-state index in [1.165, 1.54) is 14.3 Å². The molecule has 1 aliphatic heterocycles. The van der Waals surface area contributed by atoms with Crippen LogP contribution in [-0.4, -0.2) is 112 Å². The van der Waals surface area contributed by atoms with Gasteiger partial charge in [0.15, 0.2) is 17.9 Å². The number of aryl methyl sites for hydroxylation is 2. The van der Waals surface area contributed by atoms with Crippen LogP contribution in [0.3, 0.4) is 0 Å². The summed E-state index contributed by atoms with van der Waals surface area (Å²) in [5, 5.41) is 37.6. The van der Waals surface area contributed by atoms with Gasteiger partial charge < -0.3 is 26.2 Å². The van der Waals surface area contributed by atoms with Crippen molar-refractivity contribution >= 4 is 41.6 Å². The van der Waals surface area contributed by atoms with Gasteiger partial charge in [0, 0.05) is 26.9 Å². The van der Waals surface area contributed by atoms with E-state index in [1.54, 1.807) is 26.5 Å². The summed E-state index contributed by atoms with van der Waals surface area (Å²) in [4.78, 5) is 79.4. The molecule has 0 aliphatic carbocycles. The number of amides is 2. The monoisotopic (exact) mass is 692 g/mol. The Morgan fingerprint density at radius 1 is 0.918 bits per heavy atom. The third kappa shape index (κ3) is 16.7. The molecular weight excluding hydrogens is 644 g/mol. The first-order valence-corrected chi connectivity index (χ1v) is 15.7. The Morgan fingerprint density at radius 3 is 1.94 bits per heavy atom. The van der Waals surface area contributed by atoms with Crippen molar-refractivity contribution in [3.8, 4) is 0 Å². The Hall–Kier alpha value is -4.91. The summed E-state index contributed by atoms with van der Waals surface area (Å²) in [5.74, 6) is -2.57. The predicted octanol–water partition coefficient (Wildman–Crippen LogP) is -0.368. The van der Waals surface area contributed by atoms with Gasteiger partial charge in [-0.25, -0.2) is 0 Å². The van der Waals surface area contributed by atoms with E-state index in [2.05, 4.69) is 31.3 Å². The molecule has 6 N–H and O–H groups in total. The fraction of sp³-hybridized carbons (Fsp3) is 0.633. The van der Waals surface area contributed by atoms with Crippen LogP contribution >= 0.6 is 0 Å². The third-order valence-corrected chi connectivity index (χ3v) is 6.70. The zero-order valence-electron chi connectivity index (χ0n) is 28.7. The minimum Gasteiger partial charge on any atom is -0.481 e. The lowest BCUT2D eigenvalue weighted by Crippen LogP contribution is -2.43. The lowest BCUT2D eigenvalue weighted by atomic mass is 10.0. The molecule has 49 heavy (non-hydrogen) atoms. The zero-order valence-corrected chi connectivity index (χ0v) is 28.7. The summed E-state index contributed by atoms with van der Waals surface area (Å²) in [6.07, 6.45) is 3.95. The number of carboxylic acid groups (broad SMARTS) is 2. The Kier molecular flexibility index (Phi) is 18.2. The molecule has 2 aromatic heterocycles. The summed E-state index contributed by atoms with van der Waals surface area (Å²) in [6.45, 7) is 7.66. The van der Waals surface area contributed by atoms with Crippen molar-refractivity contribution in [2.45, 2.75) is 84.5 Å². The normalized spacial score (nSPS) is 15.9. The second-order valence-electron chi connectivity index (χ2n) is 12.3. The number of aliphatic carboxylic acids is 2. The number of aldehydes is 1. The molecule has 0 saturated carbocycles. The van der Waals surface area contributed by atoms with Crippen LogP contribution in [0.4, 0.5) is 0 Å². The highest BCUT2D eigenvalue weighted by molar-refractivity contribution is 5.91. The number of nitrogens with one attached hydrogen (secondary N) is 2. The van der Waals surface area contributed by atoms with Crippen molar-refractivity contribution in [1.29, 1.82) is 0 Å². The van der Waals surface area contributed by atoms with Gasteiger partial charge in [0.2, 0.25) is 11.8 Å². The first kappa shape index (κ1) is 42.1. The maximum atomic E-state index is 12.6. The van der Waals surface area contributed by atoms with E-state index >= 15 is 0 Å². The Bertz CT molecular complexity index is 1420. The van der Waals surface area contributed by atoms with Gasteiger partial charge in [0.1, 0.15) is 17.6 Å². The van der Waals surface area contributed by atoms with Crippen LogP contribution in [0, 0.1) is 11.8 Å². The van der Waals surface area contributed by atoms with E-state index in [0.29, 0.717) is 42.4 Å². The average Bonchev–Trinajstić information content (AvgIpc) is 3.72. The molecule has 3 atom stereocenters. The minimum absolute atomic E-state index is 0.0744. The van der Waals surface area contributed by atoms with Crippen LogP contribution in [0.25, 0.3) is 0 Å². The average molecular weight is 693 g/mol. The summed E-state index contributed by atoms with van der Waals surface area (Å²) >= 11 is 0. The molecular formula is C30H48N10O9. The Balaban J connectivity index is 0.000000415. The maximum absolute atomic E-state index is 12.6. The number of nitrogens with two attached hydrogens (primary N) is 1. The number of ketones is 2. The molecule has 1 unspecified atom stereocenters. The van der Waals surface area contributed by atoms with Crippen molar-refractivity contribution in [3.63, 3.8) is 0 Å². The number of hydrogen-bond acceptors (Lipinski definition) is 13. The van der Waals surface area contributed by atoms with Crippen LogP contribution in [0.1, 0.15) is 88.6 Å². The van der Waals surface area contributed by atoms with Crippen LogP contribution < -0.4 is 16.4 Å². The number of hydrogen-bond donors (Lipinski definition) is 5. The van der Waals surface area contributed by atoms with Crippen LogP contribution in [0.2, 0.25) is 0 Å². The molecule has 0 aromatic carbocycles. The van der Waals surface area contributed by atoms with E-state index in [-0.39, 0.29) is 68.2 Å². The molecule has 1 saturated heterocycles. The van der Waals surface area contributed by atoms with Gasteiger partial charge >= 0.3 is 11.9 Å². The SMILES string of the molecule is CC(C)C[C@@H]1NC(c2cn(C)nn2)N(CC(=O)CCC(=O)O)C1=O.CC(C)C[C@H](N)C(=O)NCC(=O)CCC(=O)O.Cn1cc(C=O)nn1. The molecule has 0 spiro atoms. The van der Waals surface area contributed by atoms with Crippen molar-refractivity contribution in [1.82, 2.24) is 45.5 Å². The number of aromatic nitrogens is 6. The van der Waals surface area contributed by atoms with E-state index in [9.17, 15) is 33.6 Å². The second kappa shape index (κ2) is 21.1. The van der Waals surface area contributed by atoms with E-state index < -0.39 is 24.1 Å². The highest BCUT2D eigenvalue weighted by Gasteiger charge is 2.41. The first-order chi connectivity index (χ1) is 22.9. The molecule has 2 aromatic rings. The fourth-order valence-corrected chi connectivity index (χ4v) is 4.43. The molecule has 3 heterocycles. The van der Waals surface area contributed by atoms with Crippen molar-refractivity contribution in [2.75, 3.05) is 13.1 Å². The van der Waals surface area contributed by atoms with Crippen molar-refractivity contribution in [3.05, 3.63) is 23.8 Å². The van der Waals surface area contributed by atoms with Crippen LogP contribution in [-0.2, 0) is 42.9 Å². The second-order valence-corrected chi connectivity index (χ2v) is 12.3. The molecule has 0 bridgehead atoms. The summed E-state index contributed by atoms with van der Waals surface area (Å²) in [6, 6.07) is -1.01. The minimum atomic E-state index is -1.03. The molecule has 19 heteroatoms. The van der Waals surface area contributed by atoms with Crippen LogP contribution in [0.15, 0.2) is 12.4 Å². The van der Waals surface area contributed by atoms with Gasteiger partial charge in [-0.05, 0) is 24.7 Å². The molecule has 19 nitrogen and oxygen atoms in total. The number of nitrogens with zero attached hydrogens (tertiary/aromatic N) is 7. The number of carbonyl (C=O) groups excluding carboxylic acids is 5. The predicted molar refractivity (Wildman–Crippen MR) is 172 cm³/mol. The lowest BCUT2D eigenvalue weighted by molar-refractivity contribution is -0.139. The van der Waals surface area contributed by atoms with Gasteiger partial charge in [-0.3, -0.25) is 48.2 Å². The molecule has 2 amide bonds. The number of Topliss-reactive ketones (excluding diaryl/α,β-unsaturated/α-hetero) is 2. The van der Waals surface area contributed by atoms with Crippen molar-refractivity contribution < 1.29 is 43.8 Å². The van der Waals surface area contributed by atoms with Crippen molar-refractivity contribution in [2.24, 2.45) is 31.7 Å². The molecule has 1 aliphatic rings. The molecule has 3 rings (SSSR count). The van der Waals surface area contributed by atoms with Gasteiger partial charge in [0.05, 0.1) is 50.4 Å². The maximum Gasteiger partial charge on any atom is 0.303 e. The smallest absolute Gasteiger partial charge is 0.303 e. The molecule has 0 radical (unpaired) electrons. The fourth-order valence-electron chi connectivity index (χ4n) is 4.43. The molecule has 1 fully saturated rings. The highest BCUT2D eigenvalue weighted by Crippen LogP contribution is 2.26. The topological polar surface area (TPSA) is 275 Å². The first-order valence-electron chi connectivity index (χ1n) is 15.7. The van der Waals surface area contributed by atoms with E-state index in [0.717, 1.165) is 0 Å². The lowest BCUT2D eigenvalue weighted by Gasteiger charge is -2.21. The number of carbonyl (C=O) groups is 7. The van der Waals surface area contributed by atoms with Gasteiger partial charge in [-0.15, -0.1) is 10.2 Å². The van der Waals surface area contributed by atoms with Gasteiger partial charge in [-0.1, -0.05) is 38.1 Å². The Labute approximate surface area is 283 Å².